The number of hydrogen-bond donors (Lipinski definition) is 3. The fourth-order valence-corrected chi connectivity index (χ4v) is 3.69. The second-order valence-corrected chi connectivity index (χ2v) is 8.28. The molecule has 10 nitrogen and oxygen atoms in total. The number of pyridine rings is 2. The zero-order valence-electron chi connectivity index (χ0n) is 19.6. The number of carbonyl (C=O) groups is 1. The van der Waals surface area contributed by atoms with Crippen LogP contribution in [0.25, 0.3) is 22.4 Å². The largest absolute Gasteiger partial charge is 0.365 e. The molecular formula is C26H20FN9O. The van der Waals surface area contributed by atoms with Crippen molar-refractivity contribution >= 4 is 22.8 Å². The standard InChI is InChI=1S/C26H20FN9O/c1-15(18-2-4-21(27)5-3-18)35-26(37)22-6-16(8-28)9-31-25(22)32-12-17-10-29-23(30-11-17)19-7-20-14-34-36-24(20)33-13-19/h2-7,9-11,13-15H,12H2,1H3,(H,31,32)(H,35,37)(H,33,34,36)/t15-/m0/s1. The minimum atomic E-state index is -0.419. The molecule has 4 aromatic heterocycles. The second-order valence-electron chi connectivity index (χ2n) is 8.28. The van der Waals surface area contributed by atoms with Crippen molar-refractivity contribution in [3.8, 4) is 17.5 Å². The Labute approximate surface area is 210 Å². The molecule has 0 spiro atoms. The Bertz CT molecular complexity index is 1610. The molecule has 0 radical (unpaired) electrons. The van der Waals surface area contributed by atoms with Gasteiger partial charge in [0.1, 0.15) is 17.7 Å². The van der Waals surface area contributed by atoms with Gasteiger partial charge in [-0.15, -0.1) is 0 Å². The number of carbonyl (C=O) groups excluding carboxylic acids is 1. The summed E-state index contributed by atoms with van der Waals surface area (Å²) < 4.78 is 13.2. The number of nitrogens with zero attached hydrogens (tertiary/aromatic N) is 6. The first-order valence-corrected chi connectivity index (χ1v) is 11.3. The van der Waals surface area contributed by atoms with E-state index in [0.29, 0.717) is 23.8 Å². The Balaban J connectivity index is 1.30. The predicted molar refractivity (Wildman–Crippen MR) is 133 cm³/mol. The summed E-state index contributed by atoms with van der Waals surface area (Å²) in [6.45, 7) is 2.09. The summed E-state index contributed by atoms with van der Waals surface area (Å²) in [4.78, 5) is 30.5. The highest BCUT2D eigenvalue weighted by Gasteiger charge is 2.17. The summed E-state index contributed by atoms with van der Waals surface area (Å²) >= 11 is 0. The molecule has 0 fully saturated rings. The van der Waals surface area contributed by atoms with Crippen molar-refractivity contribution < 1.29 is 9.18 Å². The van der Waals surface area contributed by atoms with E-state index in [-0.39, 0.29) is 23.0 Å². The molecule has 0 saturated heterocycles. The number of nitriles is 1. The molecule has 5 aromatic rings. The molecule has 1 aromatic carbocycles. The van der Waals surface area contributed by atoms with Crippen molar-refractivity contribution in [1.82, 2.24) is 35.5 Å². The van der Waals surface area contributed by atoms with Crippen LogP contribution in [0.4, 0.5) is 10.2 Å². The van der Waals surface area contributed by atoms with Gasteiger partial charge in [0.2, 0.25) is 0 Å². The second kappa shape index (κ2) is 10.2. The normalized spacial score (nSPS) is 11.6. The summed E-state index contributed by atoms with van der Waals surface area (Å²) in [5, 5.41) is 22.9. The molecule has 0 aliphatic rings. The lowest BCUT2D eigenvalue weighted by molar-refractivity contribution is 0.0940. The van der Waals surface area contributed by atoms with Crippen molar-refractivity contribution in [3.05, 3.63) is 95.5 Å². The molecule has 0 aliphatic carbocycles. The monoisotopic (exact) mass is 493 g/mol. The SMILES string of the molecule is C[C@H](NC(=O)c1cc(C#N)cnc1NCc1cnc(-c2cnc3[nH]ncc3c2)nc1)c1ccc(F)cc1. The molecule has 0 aliphatic heterocycles. The lowest BCUT2D eigenvalue weighted by atomic mass is 10.1. The number of aromatic nitrogens is 6. The van der Waals surface area contributed by atoms with Gasteiger partial charge in [-0.1, -0.05) is 12.1 Å². The highest BCUT2D eigenvalue weighted by Crippen LogP contribution is 2.20. The van der Waals surface area contributed by atoms with Crippen LogP contribution in [-0.4, -0.2) is 36.0 Å². The number of halogens is 1. The molecule has 1 amide bonds. The molecule has 5 rings (SSSR count). The van der Waals surface area contributed by atoms with Crippen LogP contribution < -0.4 is 10.6 Å². The zero-order valence-corrected chi connectivity index (χ0v) is 19.6. The number of nitrogens with one attached hydrogen (secondary N) is 3. The summed E-state index contributed by atoms with van der Waals surface area (Å²) in [5.74, 6) is 0.0530. The van der Waals surface area contributed by atoms with E-state index in [0.717, 1.165) is 22.1 Å². The number of aromatic amines is 1. The first-order valence-electron chi connectivity index (χ1n) is 11.3. The van der Waals surface area contributed by atoms with Crippen LogP contribution in [-0.2, 0) is 6.54 Å². The van der Waals surface area contributed by atoms with Crippen molar-refractivity contribution in [2.75, 3.05) is 5.32 Å². The summed E-state index contributed by atoms with van der Waals surface area (Å²) in [7, 11) is 0. The number of anilines is 1. The third-order valence-corrected chi connectivity index (χ3v) is 5.69. The van der Waals surface area contributed by atoms with E-state index in [1.165, 1.54) is 24.4 Å². The Kier molecular flexibility index (Phi) is 6.46. The number of amides is 1. The molecule has 1 atom stereocenters. The third kappa shape index (κ3) is 5.23. The number of fused-ring (bicyclic) bond motifs is 1. The van der Waals surface area contributed by atoms with Crippen molar-refractivity contribution in [1.29, 1.82) is 5.26 Å². The van der Waals surface area contributed by atoms with E-state index in [1.807, 2.05) is 12.1 Å². The van der Waals surface area contributed by atoms with E-state index in [2.05, 4.69) is 40.8 Å². The maximum Gasteiger partial charge on any atom is 0.255 e. The quantitative estimate of drug-likeness (QED) is 0.309. The number of rotatable bonds is 7. The first-order chi connectivity index (χ1) is 18.0. The molecule has 37 heavy (non-hydrogen) atoms. The Morgan fingerprint density at radius 3 is 2.59 bits per heavy atom. The van der Waals surface area contributed by atoms with Crippen molar-refractivity contribution in [3.63, 3.8) is 0 Å². The number of H-pyrrole nitrogens is 1. The van der Waals surface area contributed by atoms with Gasteiger partial charge in [-0.3, -0.25) is 9.89 Å². The van der Waals surface area contributed by atoms with Crippen LogP contribution in [0.15, 0.2) is 67.4 Å². The highest BCUT2D eigenvalue weighted by atomic mass is 19.1. The van der Waals surface area contributed by atoms with Gasteiger partial charge >= 0.3 is 0 Å². The lowest BCUT2D eigenvalue weighted by Crippen LogP contribution is -2.28. The smallest absolute Gasteiger partial charge is 0.255 e. The average Bonchev–Trinajstić information content (AvgIpc) is 3.40. The van der Waals surface area contributed by atoms with Crippen molar-refractivity contribution in [2.24, 2.45) is 0 Å². The van der Waals surface area contributed by atoms with E-state index in [9.17, 15) is 14.4 Å². The van der Waals surface area contributed by atoms with Crippen LogP contribution in [0.1, 0.15) is 40.0 Å². The summed E-state index contributed by atoms with van der Waals surface area (Å²) in [6, 6.07) is 10.9. The van der Waals surface area contributed by atoms with Crippen LogP contribution >= 0.6 is 0 Å². The van der Waals surface area contributed by atoms with Gasteiger partial charge in [0.05, 0.1) is 23.4 Å². The van der Waals surface area contributed by atoms with Crippen LogP contribution in [0, 0.1) is 17.1 Å². The topological polar surface area (TPSA) is 145 Å². The molecule has 4 heterocycles. The Hall–Kier alpha value is -5.24. The Morgan fingerprint density at radius 1 is 1.05 bits per heavy atom. The zero-order chi connectivity index (χ0) is 25.8. The highest BCUT2D eigenvalue weighted by molar-refractivity contribution is 5.99. The van der Waals surface area contributed by atoms with E-state index in [1.54, 1.807) is 43.8 Å². The summed E-state index contributed by atoms with van der Waals surface area (Å²) in [5.41, 5.74) is 3.42. The van der Waals surface area contributed by atoms with E-state index in [4.69, 9.17) is 0 Å². The van der Waals surface area contributed by atoms with E-state index < -0.39 is 5.91 Å². The number of hydrogen-bond acceptors (Lipinski definition) is 8. The molecule has 0 unspecified atom stereocenters. The van der Waals surface area contributed by atoms with Gasteiger partial charge in [0.25, 0.3) is 5.91 Å². The van der Waals surface area contributed by atoms with Gasteiger partial charge in [-0.05, 0) is 36.8 Å². The van der Waals surface area contributed by atoms with Crippen molar-refractivity contribution in [2.45, 2.75) is 19.5 Å². The van der Waals surface area contributed by atoms with Crippen LogP contribution in [0.3, 0.4) is 0 Å². The summed E-state index contributed by atoms with van der Waals surface area (Å²) in [6.07, 6.45) is 8.10. The molecule has 0 bridgehead atoms. The fourth-order valence-electron chi connectivity index (χ4n) is 3.69. The van der Waals surface area contributed by atoms with Gasteiger partial charge < -0.3 is 10.6 Å². The van der Waals surface area contributed by atoms with E-state index >= 15 is 0 Å². The van der Waals surface area contributed by atoms with Crippen LogP contribution in [0.5, 0.6) is 0 Å². The molecule has 3 N–H and O–H groups in total. The van der Waals surface area contributed by atoms with Gasteiger partial charge in [-0.2, -0.15) is 10.4 Å². The number of benzene rings is 1. The maximum absolute atomic E-state index is 13.2. The third-order valence-electron chi connectivity index (χ3n) is 5.69. The molecule has 11 heteroatoms. The predicted octanol–water partition coefficient (Wildman–Crippen LogP) is 3.92. The van der Waals surface area contributed by atoms with Gasteiger partial charge in [-0.25, -0.2) is 24.3 Å². The Morgan fingerprint density at radius 2 is 1.84 bits per heavy atom. The molecular weight excluding hydrogens is 473 g/mol. The molecule has 182 valence electrons. The fraction of sp³-hybridized carbons (Fsp3) is 0.115. The van der Waals surface area contributed by atoms with Crippen LogP contribution in [0.2, 0.25) is 0 Å². The van der Waals surface area contributed by atoms with Gasteiger partial charge in [0, 0.05) is 47.8 Å². The average molecular weight is 494 g/mol. The maximum atomic E-state index is 13.2. The minimum absolute atomic E-state index is 0.213. The first kappa shape index (κ1) is 23.5. The van der Waals surface area contributed by atoms with Gasteiger partial charge in [0.15, 0.2) is 11.5 Å². The lowest BCUT2D eigenvalue weighted by Gasteiger charge is -2.16. The minimum Gasteiger partial charge on any atom is -0.365 e. The molecule has 0 saturated carbocycles.